The highest BCUT2D eigenvalue weighted by atomic mass is 16.6. The van der Waals surface area contributed by atoms with E-state index in [1.54, 1.807) is 35.4 Å². The molecule has 0 aliphatic carbocycles. The molecule has 2 fully saturated rings. The van der Waals surface area contributed by atoms with Gasteiger partial charge in [-0.15, -0.1) is 10.2 Å². The first-order valence-electron chi connectivity index (χ1n) is 21.0. The summed E-state index contributed by atoms with van der Waals surface area (Å²) in [6.07, 6.45) is 2.89. The third kappa shape index (κ3) is 8.00. The number of imide groups is 2. The molecule has 1 unspecified atom stereocenters. The van der Waals surface area contributed by atoms with Gasteiger partial charge < -0.3 is 35.1 Å². The van der Waals surface area contributed by atoms with Gasteiger partial charge in [-0.1, -0.05) is 36.4 Å². The Labute approximate surface area is 366 Å². The van der Waals surface area contributed by atoms with E-state index < -0.39 is 41.3 Å². The highest BCUT2D eigenvalue weighted by Crippen LogP contribution is 2.39. The Morgan fingerprint density at radius 3 is 2.50 bits per heavy atom. The third-order valence-corrected chi connectivity index (χ3v) is 12.0. The topological polar surface area (TPSA) is 251 Å². The highest BCUT2D eigenvalue weighted by molar-refractivity contribution is 6.25. The number of nitrogens with zero attached hydrogens (tertiary/aromatic N) is 6. The number of aromatic nitrogens is 4. The lowest BCUT2D eigenvalue weighted by Gasteiger charge is -2.30. The fourth-order valence-corrected chi connectivity index (χ4v) is 8.57. The van der Waals surface area contributed by atoms with Crippen molar-refractivity contribution >= 4 is 58.6 Å². The first kappa shape index (κ1) is 41.8. The maximum absolute atomic E-state index is 13.5. The maximum Gasteiger partial charge on any atom is 0.339 e. The van der Waals surface area contributed by atoms with Gasteiger partial charge in [0.1, 0.15) is 17.5 Å². The number of fused-ring (bicyclic) bond motifs is 2. The fourth-order valence-electron chi connectivity index (χ4n) is 8.57. The first-order valence-corrected chi connectivity index (χ1v) is 21.0. The van der Waals surface area contributed by atoms with Crippen molar-refractivity contribution in [3.63, 3.8) is 0 Å². The molecule has 0 saturated carbocycles. The molecular formula is C45H44N10O9. The summed E-state index contributed by atoms with van der Waals surface area (Å²) < 4.78 is 11.8. The third-order valence-electron chi connectivity index (χ3n) is 12.0. The van der Waals surface area contributed by atoms with Gasteiger partial charge in [0.2, 0.25) is 29.6 Å². The molecule has 2 saturated heterocycles. The zero-order chi connectivity index (χ0) is 44.7. The van der Waals surface area contributed by atoms with E-state index in [9.17, 15) is 33.9 Å². The van der Waals surface area contributed by atoms with E-state index in [1.165, 1.54) is 6.07 Å². The number of likely N-dealkylation sites (tertiary alicyclic amines) is 1. The van der Waals surface area contributed by atoms with Crippen molar-refractivity contribution in [1.29, 1.82) is 0 Å². The van der Waals surface area contributed by atoms with Crippen LogP contribution in [-0.4, -0.2) is 103 Å². The summed E-state index contributed by atoms with van der Waals surface area (Å²) in [5.74, 6) is -1.84. The standard InChI is InChI=1S/C45H44N10O9/c1-45(2)30-21-26(11-12-27(30)43(62)64-45)48-44-47-22-29(37(51-44)49-32(23-56)24-7-4-3-5-8-24)40-53-52-39(63-40)25-16-19-54(20-17-25)35(58)15-18-46-31-10-6-9-28-36(31)42(61)55(41(28)60)33-13-14-34(57)50-38(33)59/h3-12,21-22,25,32-33,46,56H,13-20,23H2,1-2H3,(H,50,57,59)(H2,47,48,49,51)/t32-,33?/m1/s1. The van der Waals surface area contributed by atoms with Crippen LogP contribution in [0, 0.1) is 0 Å². The van der Waals surface area contributed by atoms with Gasteiger partial charge in [-0.05, 0) is 69.0 Å². The Morgan fingerprint density at radius 2 is 1.73 bits per heavy atom. The van der Waals surface area contributed by atoms with Gasteiger partial charge in [0.25, 0.3) is 17.7 Å². The number of aliphatic hydroxyl groups excluding tert-OH is 1. The van der Waals surface area contributed by atoms with E-state index in [-0.39, 0.29) is 73.2 Å². The number of esters is 1. The van der Waals surface area contributed by atoms with Gasteiger partial charge in [-0.25, -0.2) is 9.78 Å². The van der Waals surface area contributed by atoms with E-state index in [0.29, 0.717) is 60.1 Å². The summed E-state index contributed by atoms with van der Waals surface area (Å²) in [6.45, 7) is 4.49. The molecule has 4 aliphatic heterocycles. The fraction of sp³-hybridized carbons (Fsp3) is 0.333. The number of aliphatic hydroxyl groups is 1. The lowest BCUT2D eigenvalue weighted by molar-refractivity contribution is -0.136. The summed E-state index contributed by atoms with van der Waals surface area (Å²) >= 11 is 0. The van der Waals surface area contributed by atoms with Crippen molar-refractivity contribution < 1.29 is 43.0 Å². The number of rotatable bonds is 13. The molecule has 0 bridgehead atoms. The summed E-state index contributed by atoms with van der Waals surface area (Å²) in [5.41, 5.74) is 2.97. The first-order chi connectivity index (χ1) is 30.9. The largest absolute Gasteiger partial charge is 0.451 e. The predicted molar refractivity (Wildman–Crippen MR) is 228 cm³/mol. The second-order valence-corrected chi connectivity index (χ2v) is 16.5. The molecule has 19 nitrogen and oxygen atoms in total. The summed E-state index contributed by atoms with van der Waals surface area (Å²) in [7, 11) is 0. The number of carbonyl (C=O) groups excluding carboxylic acids is 6. The van der Waals surface area contributed by atoms with E-state index in [1.807, 2.05) is 50.2 Å². The smallest absolute Gasteiger partial charge is 0.339 e. The van der Waals surface area contributed by atoms with Gasteiger partial charge in [-0.2, -0.15) is 4.98 Å². The Hall–Kier alpha value is -7.54. The molecule has 5 amide bonds. The van der Waals surface area contributed by atoms with Gasteiger partial charge in [0.05, 0.1) is 34.9 Å². The van der Waals surface area contributed by atoms with Crippen molar-refractivity contribution in [3.05, 3.63) is 107 Å². The minimum atomic E-state index is -1.08. The zero-order valence-corrected chi connectivity index (χ0v) is 34.9. The monoisotopic (exact) mass is 868 g/mol. The SMILES string of the molecule is CC1(C)OC(=O)c2ccc(Nc3ncc(-c4nnc(C5CCN(C(=O)CCNc6cccc7c6C(=O)N(C6CCC(=O)NC6=O)C7=O)CC5)o4)c(N[C@H](CO)c4ccccc4)n3)cc21. The molecule has 5 aromatic rings. The van der Waals surface area contributed by atoms with Crippen molar-refractivity contribution in [2.24, 2.45) is 0 Å². The minimum Gasteiger partial charge on any atom is -0.451 e. The van der Waals surface area contributed by atoms with E-state index in [0.717, 1.165) is 16.0 Å². The lowest BCUT2D eigenvalue weighted by atomic mass is 9.95. The van der Waals surface area contributed by atoms with Crippen LogP contribution in [0.4, 0.5) is 23.1 Å². The van der Waals surface area contributed by atoms with E-state index >= 15 is 0 Å². The highest BCUT2D eigenvalue weighted by Gasteiger charge is 2.46. The van der Waals surface area contributed by atoms with Crippen LogP contribution >= 0.6 is 0 Å². The zero-order valence-electron chi connectivity index (χ0n) is 34.9. The van der Waals surface area contributed by atoms with Crippen LogP contribution in [0.2, 0.25) is 0 Å². The van der Waals surface area contributed by atoms with Crippen LogP contribution in [0.25, 0.3) is 11.5 Å². The Morgan fingerprint density at radius 1 is 0.938 bits per heavy atom. The number of anilines is 4. The number of hydrogen-bond acceptors (Lipinski definition) is 16. The van der Waals surface area contributed by atoms with Gasteiger partial charge >= 0.3 is 5.97 Å². The lowest BCUT2D eigenvalue weighted by Crippen LogP contribution is -2.54. The molecule has 2 aromatic heterocycles. The minimum absolute atomic E-state index is 0.0211. The molecule has 64 heavy (non-hydrogen) atoms. The number of hydrogen-bond donors (Lipinski definition) is 5. The molecule has 6 heterocycles. The number of piperidine rings is 2. The molecule has 19 heteroatoms. The van der Waals surface area contributed by atoms with Crippen LogP contribution < -0.4 is 21.3 Å². The number of benzene rings is 3. The van der Waals surface area contributed by atoms with Crippen molar-refractivity contribution in [1.82, 2.24) is 35.3 Å². The number of carbonyl (C=O) groups is 6. The molecule has 0 radical (unpaired) electrons. The normalized spacial score (nSPS) is 18.6. The van der Waals surface area contributed by atoms with Crippen LogP contribution in [0.5, 0.6) is 0 Å². The maximum atomic E-state index is 13.5. The number of amides is 5. The second-order valence-electron chi connectivity index (χ2n) is 16.5. The molecule has 0 spiro atoms. The van der Waals surface area contributed by atoms with Crippen LogP contribution in [0.1, 0.15) is 106 Å². The Bertz CT molecular complexity index is 2700. The van der Waals surface area contributed by atoms with Crippen LogP contribution in [-0.2, 0) is 24.7 Å². The van der Waals surface area contributed by atoms with Gasteiger partial charge in [0.15, 0.2) is 0 Å². The van der Waals surface area contributed by atoms with Crippen molar-refractivity contribution in [3.8, 4) is 11.5 Å². The van der Waals surface area contributed by atoms with Gasteiger partial charge in [-0.3, -0.25) is 34.2 Å². The van der Waals surface area contributed by atoms with Gasteiger partial charge in [0, 0.05) is 61.5 Å². The average Bonchev–Trinajstić information content (AvgIpc) is 3.95. The number of nitrogens with one attached hydrogen (secondary N) is 4. The summed E-state index contributed by atoms with van der Waals surface area (Å²) in [5, 5.41) is 31.0. The molecule has 9 rings (SSSR count). The number of cyclic esters (lactones) is 1. The Kier molecular flexibility index (Phi) is 11.1. The van der Waals surface area contributed by atoms with Crippen LogP contribution in [0.15, 0.2) is 77.3 Å². The van der Waals surface area contributed by atoms with E-state index in [2.05, 4.69) is 36.4 Å². The Balaban J connectivity index is 0.845. The molecular weight excluding hydrogens is 825 g/mol. The molecule has 2 atom stereocenters. The quantitative estimate of drug-likeness (QED) is 0.0811. The van der Waals surface area contributed by atoms with Crippen molar-refractivity contribution in [2.75, 3.05) is 42.2 Å². The summed E-state index contributed by atoms with van der Waals surface area (Å²) in [6, 6.07) is 17.9. The second kappa shape index (κ2) is 17.0. The molecule has 3 aromatic carbocycles. The molecule has 328 valence electrons. The van der Waals surface area contributed by atoms with Crippen molar-refractivity contribution in [2.45, 2.75) is 69.6 Å². The predicted octanol–water partition coefficient (Wildman–Crippen LogP) is 4.43. The molecule has 5 N–H and O–H groups in total. The average molecular weight is 869 g/mol. The molecule has 4 aliphatic rings. The number of ether oxygens (including phenoxy) is 1. The van der Waals surface area contributed by atoms with E-state index in [4.69, 9.17) is 14.1 Å². The summed E-state index contributed by atoms with van der Waals surface area (Å²) in [4.78, 5) is 88.5. The van der Waals surface area contributed by atoms with Crippen LogP contribution in [0.3, 0.4) is 0 Å².